The first-order valence-electron chi connectivity index (χ1n) is 5.95. The van der Waals surface area contributed by atoms with E-state index < -0.39 is 0 Å². The second-order valence-electron chi connectivity index (χ2n) is 4.35. The lowest BCUT2D eigenvalue weighted by molar-refractivity contribution is 0.0946. The molecule has 1 aromatic heterocycles. The molecule has 96 valence electrons. The number of fused-ring (bicyclic) bond motifs is 1. The van der Waals surface area contributed by atoms with Gasteiger partial charge in [0.1, 0.15) is 5.69 Å². The molecule has 2 aromatic rings. The van der Waals surface area contributed by atoms with Gasteiger partial charge in [-0.15, -0.1) is 0 Å². The molecule has 0 spiro atoms. The van der Waals surface area contributed by atoms with Gasteiger partial charge in [0, 0.05) is 17.6 Å². The molecule has 0 aliphatic rings. The van der Waals surface area contributed by atoms with E-state index in [0.717, 1.165) is 5.39 Å². The molecule has 3 N–H and O–H groups in total. The average molecular weight is 254 g/mol. The summed E-state index contributed by atoms with van der Waals surface area (Å²) in [6.07, 6.45) is 0. The Morgan fingerprint density at radius 1 is 1.53 bits per heavy atom. The summed E-state index contributed by atoms with van der Waals surface area (Å²) >= 11 is 0. The van der Waals surface area contributed by atoms with E-state index in [1.807, 2.05) is 18.2 Å². The Morgan fingerprint density at radius 3 is 3.00 bits per heavy atom. The molecule has 5 heteroatoms. The zero-order valence-electron chi connectivity index (χ0n) is 10.6. The van der Waals surface area contributed by atoms with Gasteiger partial charge in [0.15, 0.2) is 0 Å². The number of nitrogens with zero attached hydrogens (tertiary/aromatic N) is 2. The fourth-order valence-electron chi connectivity index (χ4n) is 1.70. The molecule has 5 nitrogen and oxygen atoms in total. The fraction of sp³-hybridized carbons (Fsp3) is 0.214. The van der Waals surface area contributed by atoms with Crippen LogP contribution in [0.15, 0.2) is 30.3 Å². The molecule has 0 saturated heterocycles. The number of nitrogen functional groups attached to an aromatic ring is 1. The zero-order valence-corrected chi connectivity index (χ0v) is 10.6. The van der Waals surface area contributed by atoms with Gasteiger partial charge < -0.3 is 11.1 Å². The van der Waals surface area contributed by atoms with Crippen LogP contribution >= 0.6 is 0 Å². The summed E-state index contributed by atoms with van der Waals surface area (Å²) < 4.78 is 0. The van der Waals surface area contributed by atoms with Crippen LogP contribution < -0.4 is 11.1 Å². The van der Waals surface area contributed by atoms with E-state index in [2.05, 4.69) is 16.4 Å². The Bertz CT molecular complexity index is 660. The lowest BCUT2D eigenvalue weighted by Crippen LogP contribution is -2.28. The predicted octanol–water partition coefficient (Wildman–Crippen LogP) is 1.71. The highest BCUT2D eigenvalue weighted by Gasteiger charge is 2.11. The molecule has 0 saturated carbocycles. The number of para-hydroxylation sites is 1. The third-order valence-electron chi connectivity index (χ3n) is 2.77. The lowest BCUT2D eigenvalue weighted by Gasteiger charge is -2.08. The van der Waals surface area contributed by atoms with E-state index in [0.29, 0.717) is 17.7 Å². The molecule has 1 amide bonds. The average Bonchev–Trinajstić information content (AvgIpc) is 2.44. The largest absolute Gasteiger partial charge is 0.398 e. The fourth-order valence-corrected chi connectivity index (χ4v) is 1.70. The number of hydrogen-bond acceptors (Lipinski definition) is 4. The maximum atomic E-state index is 11.9. The normalized spacial score (nSPS) is 11.8. The van der Waals surface area contributed by atoms with Crippen molar-refractivity contribution >= 4 is 22.5 Å². The number of hydrogen-bond donors (Lipinski definition) is 2. The van der Waals surface area contributed by atoms with E-state index in [9.17, 15) is 4.79 Å². The standard InChI is InChI=1S/C14H14N4O/c1-9(7-15)8-17-14(19)13-6-11(16)10-4-2-3-5-12(10)18-13/h2-6,9H,8H2,1H3,(H2,16,18)(H,17,19). The minimum Gasteiger partial charge on any atom is -0.398 e. The molecule has 1 heterocycles. The highest BCUT2D eigenvalue weighted by Crippen LogP contribution is 2.19. The molecule has 0 aliphatic heterocycles. The molecule has 1 aromatic carbocycles. The Labute approximate surface area is 111 Å². The molecule has 0 aliphatic carbocycles. The van der Waals surface area contributed by atoms with E-state index in [-0.39, 0.29) is 17.5 Å². The predicted molar refractivity (Wildman–Crippen MR) is 73.3 cm³/mol. The highest BCUT2D eigenvalue weighted by molar-refractivity contribution is 5.99. The van der Waals surface area contributed by atoms with Gasteiger partial charge >= 0.3 is 0 Å². The number of nitrogens with two attached hydrogens (primary N) is 1. The van der Waals surface area contributed by atoms with E-state index in [1.165, 1.54) is 0 Å². The van der Waals surface area contributed by atoms with E-state index in [1.54, 1.807) is 19.1 Å². The second-order valence-corrected chi connectivity index (χ2v) is 4.35. The maximum absolute atomic E-state index is 11.9. The molecular formula is C14H14N4O. The van der Waals surface area contributed by atoms with Crippen LogP contribution in [0.2, 0.25) is 0 Å². The number of anilines is 1. The minimum absolute atomic E-state index is 0.234. The molecule has 0 bridgehead atoms. The first kappa shape index (κ1) is 12.8. The van der Waals surface area contributed by atoms with Gasteiger partial charge in [-0.3, -0.25) is 4.79 Å². The van der Waals surface area contributed by atoms with Crippen LogP contribution in [0, 0.1) is 17.2 Å². The summed E-state index contributed by atoms with van der Waals surface area (Å²) in [6, 6.07) is 11.0. The number of carbonyl (C=O) groups is 1. The van der Waals surface area contributed by atoms with Crippen molar-refractivity contribution in [1.29, 1.82) is 5.26 Å². The lowest BCUT2D eigenvalue weighted by atomic mass is 10.1. The first-order chi connectivity index (χ1) is 9.11. The molecular weight excluding hydrogens is 240 g/mol. The quantitative estimate of drug-likeness (QED) is 0.872. The van der Waals surface area contributed by atoms with Crippen LogP contribution in [0.1, 0.15) is 17.4 Å². The molecule has 1 atom stereocenters. The Hall–Kier alpha value is -2.61. The second kappa shape index (κ2) is 5.36. The monoisotopic (exact) mass is 254 g/mol. The molecule has 0 radical (unpaired) electrons. The third kappa shape index (κ3) is 2.80. The number of pyridine rings is 1. The number of aromatic nitrogens is 1. The van der Waals surface area contributed by atoms with Gasteiger partial charge in [0.05, 0.1) is 17.5 Å². The molecule has 0 fully saturated rings. The summed E-state index contributed by atoms with van der Waals surface area (Å²) in [5.41, 5.74) is 7.37. The van der Waals surface area contributed by atoms with Crippen molar-refractivity contribution in [1.82, 2.24) is 10.3 Å². The van der Waals surface area contributed by atoms with Crippen molar-refractivity contribution in [2.45, 2.75) is 6.92 Å². The number of rotatable bonds is 3. The van der Waals surface area contributed by atoms with Crippen molar-refractivity contribution in [3.8, 4) is 6.07 Å². The molecule has 1 unspecified atom stereocenters. The summed E-state index contributed by atoms with van der Waals surface area (Å²) in [5.74, 6) is -0.554. The van der Waals surface area contributed by atoms with Gasteiger partial charge in [0.25, 0.3) is 5.91 Å². The van der Waals surface area contributed by atoms with Crippen LogP contribution in [0.4, 0.5) is 5.69 Å². The minimum atomic E-state index is -0.320. The third-order valence-corrected chi connectivity index (χ3v) is 2.77. The summed E-state index contributed by atoms with van der Waals surface area (Å²) in [6.45, 7) is 2.03. The maximum Gasteiger partial charge on any atom is 0.270 e. The van der Waals surface area contributed by atoms with Crippen LogP contribution in [0.3, 0.4) is 0 Å². The van der Waals surface area contributed by atoms with Gasteiger partial charge in [-0.05, 0) is 19.1 Å². The van der Waals surface area contributed by atoms with Crippen molar-refractivity contribution < 1.29 is 4.79 Å². The van der Waals surface area contributed by atoms with Gasteiger partial charge in [-0.25, -0.2) is 4.98 Å². The van der Waals surface area contributed by atoms with Gasteiger partial charge in [-0.2, -0.15) is 5.26 Å². The first-order valence-corrected chi connectivity index (χ1v) is 5.95. The number of carbonyl (C=O) groups excluding carboxylic acids is 1. The number of nitriles is 1. The van der Waals surface area contributed by atoms with Crippen molar-refractivity contribution in [3.63, 3.8) is 0 Å². The van der Waals surface area contributed by atoms with E-state index in [4.69, 9.17) is 11.0 Å². The van der Waals surface area contributed by atoms with Crippen molar-refractivity contribution in [2.75, 3.05) is 12.3 Å². The Morgan fingerprint density at radius 2 is 2.26 bits per heavy atom. The summed E-state index contributed by atoms with van der Waals surface area (Å²) in [5, 5.41) is 12.2. The van der Waals surface area contributed by atoms with Crippen LogP contribution in [0.5, 0.6) is 0 Å². The number of amides is 1. The Balaban J connectivity index is 2.26. The van der Waals surface area contributed by atoms with Crippen molar-refractivity contribution in [2.24, 2.45) is 5.92 Å². The van der Waals surface area contributed by atoms with Crippen LogP contribution in [-0.2, 0) is 0 Å². The highest BCUT2D eigenvalue weighted by atomic mass is 16.1. The van der Waals surface area contributed by atoms with Crippen LogP contribution in [-0.4, -0.2) is 17.4 Å². The van der Waals surface area contributed by atoms with Crippen LogP contribution in [0.25, 0.3) is 10.9 Å². The van der Waals surface area contributed by atoms with Crippen molar-refractivity contribution in [3.05, 3.63) is 36.0 Å². The summed E-state index contributed by atoms with van der Waals surface area (Å²) in [4.78, 5) is 16.2. The SMILES string of the molecule is CC(C#N)CNC(=O)c1cc(N)c2ccccc2n1. The van der Waals surface area contributed by atoms with Gasteiger partial charge in [0.2, 0.25) is 0 Å². The zero-order chi connectivity index (χ0) is 13.8. The van der Waals surface area contributed by atoms with E-state index >= 15 is 0 Å². The topological polar surface area (TPSA) is 91.8 Å². The Kier molecular flexibility index (Phi) is 3.62. The molecule has 2 rings (SSSR count). The smallest absolute Gasteiger partial charge is 0.270 e. The molecule has 19 heavy (non-hydrogen) atoms. The van der Waals surface area contributed by atoms with Gasteiger partial charge in [-0.1, -0.05) is 18.2 Å². The summed E-state index contributed by atoms with van der Waals surface area (Å²) in [7, 11) is 0. The number of benzene rings is 1. The number of nitrogens with one attached hydrogen (secondary N) is 1.